The third kappa shape index (κ3) is 3.87. The van der Waals surface area contributed by atoms with Crippen molar-refractivity contribution in [2.75, 3.05) is 6.54 Å². The van der Waals surface area contributed by atoms with Crippen molar-refractivity contribution in [1.29, 1.82) is 0 Å². The molecule has 1 atom stereocenters. The summed E-state index contributed by atoms with van der Waals surface area (Å²) < 4.78 is 5.38. The van der Waals surface area contributed by atoms with E-state index in [2.05, 4.69) is 30.4 Å². The highest BCUT2D eigenvalue weighted by Crippen LogP contribution is 2.21. The molecule has 2 rings (SSSR count). The Labute approximate surface area is 123 Å². The van der Waals surface area contributed by atoms with E-state index < -0.39 is 0 Å². The van der Waals surface area contributed by atoms with Crippen LogP contribution in [0.2, 0.25) is 0 Å². The van der Waals surface area contributed by atoms with Gasteiger partial charge in [0.25, 0.3) is 5.91 Å². The monoisotopic (exact) mass is 291 g/mol. The third-order valence-corrected chi connectivity index (χ3v) is 3.24. The molecule has 0 spiro atoms. The molecule has 2 aromatic rings. The van der Waals surface area contributed by atoms with Crippen LogP contribution in [-0.4, -0.2) is 12.5 Å². The Morgan fingerprint density at radius 2 is 2.15 bits per heavy atom. The van der Waals surface area contributed by atoms with Gasteiger partial charge >= 0.3 is 0 Å². The molecule has 1 unspecified atom stereocenters. The van der Waals surface area contributed by atoms with E-state index >= 15 is 0 Å². The van der Waals surface area contributed by atoms with Crippen LogP contribution in [0, 0.1) is 6.92 Å². The average molecular weight is 292 g/mol. The highest BCUT2D eigenvalue weighted by molar-refractivity contribution is 6.20. The van der Waals surface area contributed by atoms with Gasteiger partial charge in [0.05, 0.1) is 5.38 Å². The van der Waals surface area contributed by atoms with Crippen molar-refractivity contribution < 1.29 is 9.21 Å². The minimum Gasteiger partial charge on any atom is -0.454 e. The second-order valence-electron chi connectivity index (χ2n) is 4.81. The van der Waals surface area contributed by atoms with Gasteiger partial charge in [-0.15, -0.1) is 11.6 Å². The fraction of sp³-hybridized carbons (Fsp3) is 0.312. The van der Waals surface area contributed by atoms with Gasteiger partial charge in [-0.2, -0.15) is 0 Å². The summed E-state index contributed by atoms with van der Waals surface area (Å²) in [5.74, 6) is 0.702. The third-order valence-electron chi connectivity index (χ3n) is 3.02. The van der Waals surface area contributed by atoms with Crippen molar-refractivity contribution in [3.8, 4) is 0 Å². The van der Waals surface area contributed by atoms with E-state index in [9.17, 15) is 4.79 Å². The van der Waals surface area contributed by atoms with Crippen LogP contribution in [0.5, 0.6) is 0 Å². The number of furan rings is 1. The van der Waals surface area contributed by atoms with Gasteiger partial charge in [-0.3, -0.25) is 4.79 Å². The van der Waals surface area contributed by atoms with Crippen LogP contribution < -0.4 is 5.32 Å². The van der Waals surface area contributed by atoms with E-state index in [-0.39, 0.29) is 11.3 Å². The van der Waals surface area contributed by atoms with Crippen molar-refractivity contribution >= 4 is 17.5 Å². The quantitative estimate of drug-likeness (QED) is 0.850. The number of hydrogen-bond acceptors (Lipinski definition) is 2. The fourth-order valence-electron chi connectivity index (χ4n) is 1.96. The van der Waals surface area contributed by atoms with E-state index in [1.165, 1.54) is 11.1 Å². The molecule has 106 valence electrons. The summed E-state index contributed by atoms with van der Waals surface area (Å²) >= 11 is 5.89. The molecule has 3 nitrogen and oxygen atoms in total. The zero-order valence-electron chi connectivity index (χ0n) is 11.7. The number of alkyl halides is 1. The van der Waals surface area contributed by atoms with Gasteiger partial charge in [-0.25, -0.2) is 0 Å². The van der Waals surface area contributed by atoms with Crippen LogP contribution >= 0.6 is 11.6 Å². The maximum absolute atomic E-state index is 11.9. The fourth-order valence-corrected chi connectivity index (χ4v) is 2.08. The van der Waals surface area contributed by atoms with Crippen LogP contribution in [-0.2, 0) is 6.42 Å². The lowest BCUT2D eigenvalue weighted by Gasteiger charge is -2.04. The zero-order chi connectivity index (χ0) is 14.5. The van der Waals surface area contributed by atoms with Gasteiger partial charge in [0, 0.05) is 6.54 Å². The Morgan fingerprint density at radius 3 is 2.80 bits per heavy atom. The minimum atomic E-state index is -0.233. The van der Waals surface area contributed by atoms with Crippen LogP contribution in [0.4, 0.5) is 0 Å². The smallest absolute Gasteiger partial charge is 0.287 e. The van der Waals surface area contributed by atoms with Crippen LogP contribution in [0.1, 0.15) is 39.7 Å². The first-order chi connectivity index (χ1) is 9.56. The van der Waals surface area contributed by atoms with Gasteiger partial charge in [-0.05, 0) is 38.0 Å². The van der Waals surface area contributed by atoms with Crippen molar-refractivity contribution in [2.24, 2.45) is 0 Å². The zero-order valence-corrected chi connectivity index (χ0v) is 12.4. The van der Waals surface area contributed by atoms with Crippen LogP contribution in [0.25, 0.3) is 0 Å². The molecule has 1 heterocycles. The Kier molecular flexibility index (Phi) is 4.85. The molecule has 0 bridgehead atoms. The molecule has 0 saturated heterocycles. The number of nitrogens with one attached hydrogen (secondary N) is 1. The summed E-state index contributed by atoms with van der Waals surface area (Å²) in [5.41, 5.74) is 2.43. The van der Waals surface area contributed by atoms with E-state index in [0.29, 0.717) is 18.1 Å². The number of hydrogen-bond donors (Lipinski definition) is 1. The first kappa shape index (κ1) is 14.7. The predicted molar refractivity (Wildman–Crippen MR) is 80.2 cm³/mol. The molecule has 0 saturated carbocycles. The normalized spacial score (nSPS) is 12.2. The summed E-state index contributed by atoms with van der Waals surface area (Å²) in [4.78, 5) is 11.9. The molecule has 0 fully saturated rings. The van der Waals surface area contributed by atoms with Gasteiger partial charge < -0.3 is 9.73 Å². The Hall–Kier alpha value is -1.74. The molecule has 0 aliphatic carbocycles. The molecule has 1 amide bonds. The summed E-state index contributed by atoms with van der Waals surface area (Å²) in [7, 11) is 0. The molecular formula is C16H18ClNO2. The predicted octanol–water partition coefficient (Wildman–Crippen LogP) is 3.86. The topological polar surface area (TPSA) is 42.2 Å². The first-order valence-electron chi connectivity index (χ1n) is 6.64. The molecule has 20 heavy (non-hydrogen) atoms. The number of rotatable bonds is 5. The molecule has 4 heteroatoms. The average Bonchev–Trinajstić information content (AvgIpc) is 2.88. The second-order valence-corrected chi connectivity index (χ2v) is 5.47. The second kappa shape index (κ2) is 6.62. The van der Waals surface area contributed by atoms with Gasteiger partial charge in [-0.1, -0.05) is 29.8 Å². The standard InChI is InChI=1S/C16H18ClNO2/c1-11-4-3-5-13(10-11)8-9-18-16(19)15-7-6-14(20-15)12(2)17/h3-7,10,12H,8-9H2,1-2H3,(H,18,19). The summed E-state index contributed by atoms with van der Waals surface area (Å²) in [6, 6.07) is 11.6. The van der Waals surface area contributed by atoms with E-state index in [0.717, 1.165) is 6.42 Å². The lowest BCUT2D eigenvalue weighted by atomic mass is 10.1. The number of amides is 1. The molecule has 0 aliphatic heterocycles. The Morgan fingerprint density at radius 1 is 1.35 bits per heavy atom. The van der Waals surface area contributed by atoms with Crippen LogP contribution in [0.3, 0.4) is 0 Å². The number of carbonyl (C=O) groups excluding carboxylic acids is 1. The van der Waals surface area contributed by atoms with Crippen molar-refractivity contribution in [1.82, 2.24) is 5.32 Å². The lowest BCUT2D eigenvalue weighted by molar-refractivity contribution is 0.0924. The van der Waals surface area contributed by atoms with E-state index in [1.54, 1.807) is 19.1 Å². The molecule has 0 radical (unpaired) electrons. The number of halogens is 1. The van der Waals surface area contributed by atoms with E-state index in [1.807, 2.05) is 6.07 Å². The number of benzene rings is 1. The van der Waals surface area contributed by atoms with E-state index in [4.69, 9.17) is 16.0 Å². The van der Waals surface area contributed by atoms with Crippen LogP contribution in [0.15, 0.2) is 40.8 Å². The largest absolute Gasteiger partial charge is 0.454 e. The summed E-state index contributed by atoms with van der Waals surface area (Å²) in [6.07, 6.45) is 0.799. The van der Waals surface area contributed by atoms with Gasteiger partial charge in [0.2, 0.25) is 0 Å². The summed E-state index contributed by atoms with van der Waals surface area (Å²) in [6.45, 7) is 4.44. The Balaban J connectivity index is 1.85. The maximum Gasteiger partial charge on any atom is 0.287 e. The van der Waals surface area contributed by atoms with Gasteiger partial charge in [0.15, 0.2) is 5.76 Å². The molecule has 0 aliphatic rings. The molecule has 1 aromatic heterocycles. The van der Waals surface area contributed by atoms with Crippen molar-refractivity contribution in [3.05, 3.63) is 59.0 Å². The first-order valence-corrected chi connectivity index (χ1v) is 7.07. The molecular weight excluding hydrogens is 274 g/mol. The maximum atomic E-state index is 11.9. The highest BCUT2D eigenvalue weighted by atomic mass is 35.5. The molecule has 1 aromatic carbocycles. The number of carbonyl (C=O) groups is 1. The highest BCUT2D eigenvalue weighted by Gasteiger charge is 2.13. The summed E-state index contributed by atoms with van der Waals surface area (Å²) in [5, 5.41) is 2.61. The number of aryl methyl sites for hydroxylation is 1. The van der Waals surface area contributed by atoms with Crippen molar-refractivity contribution in [2.45, 2.75) is 25.6 Å². The molecule has 1 N–H and O–H groups in total. The lowest BCUT2D eigenvalue weighted by Crippen LogP contribution is -2.25. The SMILES string of the molecule is Cc1cccc(CCNC(=O)c2ccc(C(C)Cl)o2)c1. The van der Waals surface area contributed by atoms with Gasteiger partial charge in [0.1, 0.15) is 5.76 Å². The Bertz CT molecular complexity index is 590. The minimum absolute atomic E-state index is 0.207. The van der Waals surface area contributed by atoms with Crippen molar-refractivity contribution in [3.63, 3.8) is 0 Å².